The number of benzene rings is 1. The first-order valence-corrected chi connectivity index (χ1v) is 5.85. The summed E-state index contributed by atoms with van der Waals surface area (Å²) in [7, 11) is 3.38. The number of hydrogen-bond donors (Lipinski definition) is 1. The van der Waals surface area contributed by atoms with Crippen LogP contribution in [0, 0.1) is 6.92 Å². The molecule has 1 aromatic rings. The lowest BCUT2D eigenvalue weighted by Gasteiger charge is -2.27. The Morgan fingerprint density at radius 1 is 1.29 bits per heavy atom. The Morgan fingerprint density at radius 2 is 1.94 bits per heavy atom. The minimum Gasteiger partial charge on any atom is -0.497 e. The van der Waals surface area contributed by atoms with Crippen LogP contribution in [-0.2, 0) is 4.74 Å². The third-order valence-electron chi connectivity index (χ3n) is 3.14. The summed E-state index contributed by atoms with van der Waals surface area (Å²) in [5, 5.41) is 0. The first-order valence-electron chi connectivity index (χ1n) is 5.85. The Hall–Kier alpha value is -1.06. The van der Waals surface area contributed by atoms with Crippen molar-refractivity contribution in [2.75, 3.05) is 14.2 Å². The highest BCUT2D eigenvalue weighted by Gasteiger charge is 2.22. The lowest BCUT2D eigenvalue weighted by Crippen LogP contribution is -2.29. The van der Waals surface area contributed by atoms with Crippen LogP contribution in [0.1, 0.15) is 37.4 Å². The fraction of sp³-hybridized carbons (Fsp3) is 0.571. The van der Waals surface area contributed by atoms with Gasteiger partial charge in [-0.1, -0.05) is 6.07 Å². The molecule has 0 aromatic heterocycles. The molecule has 0 aliphatic carbocycles. The van der Waals surface area contributed by atoms with Gasteiger partial charge in [0.25, 0.3) is 0 Å². The standard InChI is InChI=1S/C14H23NO2/c1-10-8-11(16-4)6-7-12(10)13(15)9-14(2,3)17-5/h6-8,13H,9,15H2,1-5H3. The molecule has 0 bridgehead atoms. The Morgan fingerprint density at radius 3 is 2.41 bits per heavy atom. The van der Waals surface area contributed by atoms with Crippen molar-refractivity contribution < 1.29 is 9.47 Å². The van der Waals surface area contributed by atoms with E-state index < -0.39 is 0 Å². The van der Waals surface area contributed by atoms with E-state index in [-0.39, 0.29) is 11.6 Å². The van der Waals surface area contributed by atoms with Gasteiger partial charge in [-0.3, -0.25) is 0 Å². The van der Waals surface area contributed by atoms with Crippen LogP contribution in [0.2, 0.25) is 0 Å². The molecule has 1 rings (SSSR count). The molecule has 2 N–H and O–H groups in total. The average molecular weight is 237 g/mol. The number of nitrogens with two attached hydrogens (primary N) is 1. The van der Waals surface area contributed by atoms with Gasteiger partial charge in [0.2, 0.25) is 0 Å². The van der Waals surface area contributed by atoms with Crippen molar-refractivity contribution in [2.24, 2.45) is 5.73 Å². The maximum Gasteiger partial charge on any atom is 0.119 e. The van der Waals surface area contributed by atoms with Gasteiger partial charge in [0.05, 0.1) is 12.7 Å². The first-order chi connectivity index (χ1) is 7.89. The summed E-state index contributed by atoms with van der Waals surface area (Å²) in [6, 6.07) is 5.97. The van der Waals surface area contributed by atoms with Crippen LogP contribution in [0.25, 0.3) is 0 Å². The van der Waals surface area contributed by atoms with E-state index in [2.05, 4.69) is 6.92 Å². The van der Waals surface area contributed by atoms with E-state index in [0.29, 0.717) is 0 Å². The quantitative estimate of drug-likeness (QED) is 0.856. The Balaban J connectivity index is 2.86. The number of ether oxygens (including phenoxy) is 2. The number of hydrogen-bond acceptors (Lipinski definition) is 3. The summed E-state index contributed by atoms with van der Waals surface area (Å²) in [4.78, 5) is 0. The van der Waals surface area contributed by atoms with Gasteiger partial charge < -0.3 is 15.2 Å². The van der Waals surface area contributed by atoms with Gasteiger partial charge in [0.15, 0.2) is 0 Å². The predicted molar refractivity (Wildman–Crippen MR) is 70.4 cm³/mol. The van der Waals surface area contributed by atoms with Crippen molar-refractivity contribution in [1.29, 1.82) is 0 Å². The Bertz CT molecular complexity index is 374. The lowest BCUT2D eigenvalue weighted by molar-refractivity contribution is 0.00992. The van der Waals surface area contributed by atoms with E-state index in [1.165, 1.54) is 0 Å². The van der Waals surface area contributed by atoms with E-state index in [1.54, 1.807) is 14.2 Å². The summed E-state index contributed by atoms with van der Waals surface area (Å²) in [6.07, 6.45) is 0.788. The summed E-state index contributed by atoms with van der Waals surface area (Å²) >= 11 is 0. The third-order valence-corrected chi connectivity index (χ3v) is 3.14. The molecule has 0 fully saturated rings. The maximum atomic E-state index is 6.23. The van der Waals surface area contributed by atoms with Crippen LogP contribution in [0.4, 0.5) is 0 Å². The molecule has 96 valence electrons. The van der Waals surface area contributed by atoms with Crippen molar-refractivity contribution in [3.8, 4) is 5.75 Å². The van der Waals surface area contributed by atoms with Gasteiger partial charge >= 0.3 is 0 Å². The van der Waals surface area contributed by atoms with Crippen LogP contribution < -0.4 is 10.5 Å². The molecule has 0 saturated heterocycles. The van der Waals surface area contributed by atoms with Gasteiger partial charge in [0, 0.05) is 13.2 Å². The Labute approximate surface area is 104 Å². The molecule has 1 aromatic carbocycles. The summed E-state index contributed by atoms with van der Waals surface area (Å²) in [5.74, 6) is 0.865. The molecule has 0 aliphatic rings. The lowest BCUT2D eigenvalue weighted by atomic mass is 9.92. The first kappa shape index (κ1) is 14.0. The minimum atomic E-state index is -0.203. The fourth-order valence-electron chi connectivity index (χ4n) is 1.91. The molecular formula is C14H23NO2. The van der Waals surface area contributed by atoms with Crippen LogP contribution >= 0.6 is 0 Å². The van der Waals surface area contributed by atoms with Gasteiger partial charge in [-0.25, -0.2) is 0 Å². The van der Waals surface area contributed by atoms with E-state index in [4.69, 9.17) is 15.2 Å². The summed E-state index contributed by atoms with van der Waals surface area (Å²) < 4.78 is 10.6. The van der Waals surface area contributed by atoms with E-state index in [9.17, 15) is 0 Å². The second-order valence-corrected chi connectivity index (χ2v) is 5.00. The zero-order valence-corrected chi connectivity index (χ0v) is 11.4. The second kappa shape index (κ2) is 5.52. The molecule has 0 radical (unpaired) electrons. The van der Waals surface area contributed by atoms with Crippen LogP contribution in [-0.4, -0.2) is 19.8 Å². The minimum absolute atomic E-state index is 0.0177. The molecular weight excluding hydrogens is 214 g/mol. The van der Waals surface area contributed by atoms with Crippen molar-refractivity contribution in [1.82, 2.24) is 0 Å². The summed E-state index contributed by atoms with van der Waals surface area (Å²) in [5.41, 5.74) is 8.33. The van der Waals surface area contributed by atoms with Crippen LogP contribution in [0.3, 0.4) is 0 Å². The maximum absolute atomic E-state index is 6.23. The topological polar surface area (TPSA) is 44.5 Å². The molecule has 0 saturated carbocycles. The highest BCUT2D eigenvalue weighted by molar-refractivity contribution is 5.36. The third kappa shape index (κ3) is 3.72. The monoisotopic (exact) mass is 237 g/mol. The Kier molecular flexibility index (Phi) is 4.54. The number of methoxy groups -OCH3 is 2. The largest absolute Gasteiger partial charge is 0.497 e. The smallest absolute Gasteiger partial charge is 0.119 e. The molecule has 1 atom stereocenters. The second-order valence-electron chi connectivity index (χ2n) is 5.00. The van der Waals surface area contributed by atoms with Crippen molar-refractivity contribution in [3.05, 3.63) is 29.3 Å². The normalized spacial score (nSPS) is 13.5. The average Bonchev–Trinajstić information content (AvgIpc) is 2.28. The van der Waals surface area contributed by atoms with E-state index in [1.807, 2.05) is 32.0 Å². The van der Waals surface area contributed by atoms with E-state index in [0.717, 1.165) is 23.3 Å². The number of aryl methyl sites for hydroxylation is 1. The van der Waals surface area contributed by atoms with E-state index >= 15 is 0 Å². The molecule has 0 amide bonds. The zero-order chi connectivity index (χ0) is 13.1. The highest BCUT2D eigenvalue weighted by atomic mass is 16.5. The van der Waals surface area contributed by atoms with Crippen molar-refractivity contribution in [2.45, 2.75) is 38.8 Å². The molecule has 0 heterocycles. The van der Waals surface area contributed by atoms with Gasteiger partial charge in [-0.05, 0) is 50.5 Å². The van der Waals surface area contributed by atoms with Crippen LogP contribution in [0.15, 0.2) is 18.2 Å². The SMILES string of the molecule is COc1ccc(C(N)CC(C)(C)OC)c(C)c1. The molecule has 0 aliphatic heterocycles. The van der Waals surface area contributed by atoms with Crippen LogP contribution in [0.5, 0.6) is 5.75 Å². The molecule has 3 heteroatoms. The fourth-order valence-corrected chi connectivity index (χ4v) is 1.91. The van der Waals surface area contributed by atoms with Crippen molar-refractivity contribution in [3.63, 3.8) is 0 Å². The highest BCUT2D eigenvalue weighted by Crippen LogP contribution is 2.28. The predicted octanol–water partition coefficient (Wildman–Crippen LogP) is 2.82. The molecule has 1 unspecified atom stereocenters. The van der Waals surface area contributed by atoms with Gasteiger partial charge in [0.1, 0.15) is 5.75 Å². The molecule has 3 nitrogen and oxygen atoms in total. The molecule has 17 heavy (non-hydrogen) atoms. The van der Waals surface area contributed by atoms with Gasteiger partial charge in [-0.2, -0.15) is 0 Å². The number of rotatable bonds is 5. The molecule has 0 spiro atoms. The van der Waals surface area contributed by atoms with Gasteiger partial charge in [-0.15, -0.1) is 0 Å². The summed E-state index contributed by atoms with van der Waals surface area (Å²) in [6.45, 7) is 6.15. The zero-order valence-electron chi connectivity index (χ0n) is 11.4. The van der Waals surface area contributed by atoms with Crippen molar-refractivity contribution >= 4 is 0 Å².